The van der Waals surface area contributed by atoms with Gasteiger partial charge in [-0.05, 0) is 36.8 Å². The predicted molar refractivity (Wildman–Crippen MR) is 73.3 cm³/mol. The van der Waals surface area contributed by atoms with Crippen LogP contribution in [0.4, 0.5) is 10.1 Å². The van der Waals surface area contributed by atoms with E-state index < -0.39 is 10.7 Å². The molecule has 5 nitrogen and oxygen atoms in total. The molecule has 0 amide bonds. The highest BCUT2D eigenvalue weighted by Crippen LogP contribution is 2.28. The molecule has 0 heterocycles. The number of nitriles is 1. The zero-order valence-corrected chi connectivity index (χ0v) is 11.2. The molecular formula is C15H11FN2O3. The fourth-order valence-electron chi connectivity index (χ4n) is 1.84. The van der Waals surface area contributed by atoms with Crippen molar-refractivity contribution in [2.24, 2.45) is 0 Å². The first kappa shape index (κ1) is 14.5. The van der Waals surface area contributed by atoms with Crippen LogP contribution in [0.3, 0.4) is 0 Å². The minimum absolute atomic E-state index is 0.0822. The molecule has 0 fully saturated rings. The third-order valence-electron chi connectivity index (χ3n) is 2.88. The number of hydrogen-bond acceptors (Lipinski definition) is 4. The van der Waals surface area contributed by atoms with E-state index in [-0.39, 0.29) is 23.6 Å². The van der Waals surface area contributed by atoms with E-state index in [4.69, 9.17) is 10.00 Å². The van der Waals surface area contributed by atoms with E-state index in [0.717, 1.165) is 5.56 Å². The monoisotopic (exact) mass is 286 g/mol. The second-order valence-electron chi connectivity index (χ2n) is 4.43. The van der Waals surface area contributed by atoms with Crippen molar-refractivity contribution in [3.05, 3.63) is 69.0 Å². The van der Waals surface area contributed by atoms with Crippen molar-refractivity contribution in [1.29, 1.82) is 5.26 Å². The maximum Gasteiger partial charge on any atom is 0.311 e. The van der Waals surface area contributed by atoms with Gasteiger partial charge in [0.1, 0.15) is 12.4 Å². The molecule has 0 saturated heterocycles. The fourth-order valence-corrected chi connectivity index (χ4v) is 1.84. The molecule has 21 heavy (non-hydrogen) atoms. The Balaban J connectivity index is 2.27. The van der Waals surface area contributed by atoms with E-state index in [1.165, 1.54) is 30.3 Å². The van der Waals surface area contributed by atoms with Gasteiger partial charge in [0.05, 0.1) is 16.6 Å². The molecule has 0 radical (unpaired) electrons. The first-order valence-electron chi connectivity index (χ1n) is 6.07. The van der Waals surface area contributed by atoms with E-state index in [9.17, 15) is 14.5 Å². The molecule has 0 atom stereocenters. The van der Waals surface area contributed by atoms with Crippen molar-refractivity contribution in [1.82, 2.24) is 0 Å². The molecule has 0 aliphatic rings. The Morgan fingerprint density at radius 3 is 2.76 bits per heavy atom. The minimum atomic E-state index is -0.543. The molecule has 0 bridgehead atoms. The van der Waals surface area contributed by atoms with Crippen LogP contribution < -0.4 is 4.74 Å². The van der Waals surface area contributed by atoms with Gasteiger partial charge in [0.25, 0.3) is 0 Å². The van der Waals surface area contributed by atoms with Gasteiger partial charge in [-0.15, -0.1) is 0 Å². The normalized spacial score (nSPS) is 9.95. The number of nitro groups is 1. The SMILES string of the molecule is Cc1ccc(OCc2cc(F)ccc2C#N)c([N+](=O)[O-])c1. The summed E-state index contributed by atoms with van der Waals surface area (Å²) in [6.45, 7) is 1.61. The average Bonchev–Trinajstić information content (AvgIpc) is 2.46. The van der Waals surface area contributed by atoms with Gasteiger partial charge < -0.3 is 4.74 Å². The van der Waals surface area contributed by atoms with Crippen LogP contribution in [0.2, 0.25) is 0 Å². The van der Waals surface area contributed by atoms with E-state index in [1.807, 2.05) is 6.07 Å². The van der Waals surface area contributed by atoms with Crippen LogP contribution in [0, 0.1) is 34.2 Å². The minimum Gasteiger partial charge on any atom is -0.482 e. The van der Waals surface area contributed by atoms with E-state index in [1.54, 1.807) is 13.0 Å². The number of nitrogens with zero attached hydrogens (tertiary/aromatic N) is 2. The number of benzene rings is 2. The van der Waals surface area contributed by atoms with Gasteiger partial charge in [0.15, 0.2) is 5.75 Å². The molecule has 106 valence electrons. The van der Waals surface area contributed by atoms with Crippen molar-refractivity contribution in [2.75, 3.05) is 0 Å². The van der Waals surface area contributed by atoms with Gasteiger partial charge in [-0.25, -0.2) is 4.39 Å². The lowest BCUT2D eigenvalue weighted by Crippen LogP contribution is -2.02. The highest BCUT2D eigenvalue weighted by atomic mass is 19.1. The topological polar surface area (TPSA) is 76.2 Å². The van der Waals surface area contributed by atoms with Gasteiger partial charge in [-0.1, -0.05) is 6.07 Å². The van der Waals surface area contributed by atoms with E-state index in [2.05, 4.69) is 0 Å². The Morgan fingerprint density at radius 1 is 1.33 bits per heavy atom. The van der Waals surface area contributed by atoms with Crippen LogP contribution in [0.15, 0.2) is 36.4 Å². The van der Waals surface area contributed by atoms with Crippen molar-refractivity contribution in [3.63, 3.8) is 0 Å². The molecule has 0 unspecified atom stereocenters. The average molecular weight is 286 g/mol. The van der Waals surface area contributed by atoms with Gasteiger partial charge in [-0.2, -0.15) is 5.26 Å². The van der Waals surface area contributed by atoms with Crippen LogP contribution in [-0.4, -0.2) is 4.92 Å². The largest absolute Gasteiger partial charge is 0.482 e. The molecule has 6 heteroatoms. The first-order valence-corrected chi connectivity index (χ1v) is 6.07. The van der Waals surface area contributed by atoms with Crippen LogP contribution in [0.1, 0.15) is 16.7 Å². The number of aryl methyl sites for hydroxylation is 1. The van der Waals surface area contributed by atoms with Crippen molar-refractivity contribution < 1.29 is 14.1 Å². The molecule has 0 spiro atoms. The molecule has 0 aromatic heterocycles. The Bertz CT molecular complexity index is 738. The number of ether oxygens (including phenoxy) is 1. The highest BCUT2D eigenvalue weighted by Gasteiger charge is 2.16. The summed E-state index contributed by atoms with van der Waals surface area (Å²) >= 11 is 0. The highest BCUT2D eigenvalue weighted by molar-refractivity contribution is 5.48. The molecule has 2 aromatic rings. The van der Waals surface area contributed by atoms with Gasteiger partial charge in [0, 0.05) is 11.6 Å². The molecular weight excluding hydrogens is 275 g/mol. The Kier molecular flexibility index (Phi) is 4.14. The second-order valence-corrected chi connectivity index (χ2v) is 4.43. The number of rotatable bonds is 4. The predicted octanol–water partition coefficient (Wildman–Crippen LogP) is 3.49. The third kappa shape index (κ3) is 3.34. The van der Waals surface area contributed by atoms with Gasteiger partial charge in [0.2, 0.25) is 0 Å². The van der Waals surface area contributed by atoms with Crippen LogP contribution in [0.25, 0.3) is 0 Å². The van der Waals surface area contributed by atoms with Crippen LogP contribution >= 0.6 is 0 Å². The summed E-state index contributed by atoms with van der Waals surface area (Å²) in [4.78, 5) is 10.4. The summed E-state index contributed by atoms with van der Waals surface area (Å²) in [5.74, 6) is -0.412. The van der Waals surface area contributed by atoms with Crippen molar-refractivity contribution >= 4 is 5.69 Å². The second kappa shape index (κ2) is 6.01. The van der Waals surface area contributed by atoms with E-state index >= 15 is 0 Å². The maximum absolute atomic E-state index is 13.2. The maximum atomic E-state index is 13.2. The zero-order valence-electron chi connectivity index (χ0n) is 11.2. The number of halogens is 1. The molecule has 2 rings (SSSR count). The fraction of sp³-hybridized carbons (Fsp3) is 0.133. The molecule has 0 N–H and O–H groups in total. The zero-order chi connectivity index (χ0) is 15.4. The molecule has 0 aliphatic carbocycles. The van der Waals surface area contributed by atoms with Crippen molar-refractivity contribution in [2.45, 2.75) is 13.5 Å². The Hall–Kier alpha value is -2.94. The summed E-state index contributed by atoms with van der Waals surface area (Å²) in [6, 6.07) is 10.2. The summed E-state index contributed by atoms with van der Waals surface area (Å²) in [5, 5.41) is 19.9. The Labute approximate surface area is 120 Å². The summed E-state index contributed by atoms with van der Waals surface area (Å²) in [5.41, 5.74) is 1.18. The van der Waals surface area contributed by atoms with Crippen molar-refractivity contribution in [3.8, 4) is 11.8 Å². The first-order chi connectivity index (χ1) is 10.0. The standard InChI is InChI=1S/C15H11FN2O3/c1-10-2-5-15(14(6-10)18(19)20)21-9-12-7-13(16)4-3-11(12)8-17/h2-7H,9H2,1H3. The summed E-state index contributed by atoms with van der Waals surface area (Å²) < 4.78 is 18.6. The smallest absolute Gasteiger partial charge is 0.311 e. The van der Waals surface area contributed by atoms with Crippen LogP contribution in [-0.2, 0) is 6.61 Å². The van der Waals surface area contributed by atoms with Gasteiger partial charge >= 0.3 is 5.69 Å². The molecule has 0 aliphatic heterocycles. The quantitative estimate of drug-likeness (QED) is 0.636. The van der Waals surface area contributed by atoms with Crippen LogP contribution in [0.5, 0.6) is 5.75 Å². The van der Waals surface area contributed by atoms with Gasteiger partial charge in [-0.3, -0.25) is 10.1 Å². The number of hydrogen-bond donors (Lipinski definition) is 0. The summed E-state index contributed by atoms with van der Waals surface area (Å²) in [6.07, 6.45) is 0. The summed E-state index contributed by atoms with van der Waals surface area (Å²) in [7, 11) is 0. The lowest BCUT2D eigenvalue weighted by atomic mass is 10.1. The Morgan fingerprint density at radius 2 is 2.10 bits per heavy atom. The molecule has 2 aromatic carbocycles. The number of nitro benzene ring substituents is 1. The third-order valence-corrected chi connectivity index (χ3v) is 2.88. The lowest BCUT2D eigenvalue weighted by molar-refractivity contribution is -0.386. The van der Waals surface area contributed by atoms with E-state index in [0.29, 0.717) is 5.56 Å². The molecule has 0 saturated carbocycles. The lowest BCUT2D eigenvalue weighted by Gasteiger charge is -2.08.